The first-order valence-electron chi connectivity index (χ1n) is 9.17. The molecule has 0 amide bonds. The van der Waals surface area contributed by atoms with Crippen molar-refractivity contribution in [2.75, 3.05) is 52.6 Å². The lowest BCUT2D eigenvalue weighted by Gasteiger charge is -2.45. The van der Waals surface area contributed by atoms with Gasteiger partial charge in [0.05, 0.1) is 33.0 Å². The Morgan fingerprint density at radius 1 is 1.00 bits per heavy atom. The number of hydrogen-bond donors (Lipinski definition) is 0. The van der Waals surface area contributed by atoms with E-state index in [9.17, 15) is 4.79 Å². The molecule has 0 spiro atoms. The topological polar surface area (TPSA) is 45.2 Å². The van der Waals surface area contributed by atoms with Gasteiger partial charge in [0.2, 0.25) is 4.74 Å². The number of rotatable bonds is 4. The van der Waals surface area contributed by atoms with Crippen molar-refractivity contribution in [1.29, 1.82) is 0 Å². The Bertz CT molecular complexity index is 795. The number of nitrogens with zero attached hydrogens (tertiary/aromatic N) is 3. The van der Waals surface area contributed by atoms with Crippen molar-refractivity contribution in [3.63, 3.8) is 0 Å². The van der Waals surface area contributed by atoms with Crippen LogP contribution in [0.2, 0.25) is 0 Å². The lowest BCUT2D eigenvalue weighted by atomic mass is 10.1. The van der Waals surface area contributed by atoms with E-state index in [0.29, 0.717) is 6.54 Å². The fraction of sp³-hybridized carbons (Fsp3) is 0.526. The average molecular weight is 375 g/mol. The van der Waals surface area contributed by atoms with Crippen molar-refractivity contribution in [2.45, 2.75) is 13.5 Å². The van der Waals surface area contributed by atoms with E-state index in [1.165, 1.54) is 22.3 Å². The first-order valence-corrected chi connectivity index (χ1v) is 9.98. The highest BCUT2D eigenvalue weighted by molar-refractivity contribution is 7.16. The van der Waals surface area contributed by atoms with Gasteiger partial charge in [0.15, 0.2) is 0 Å². The van der Waals surface area contributed by atoms with Gasteiger partial charge in [0.1, 0.15) is 0 Å². The molecular formula is C19H25N3O3S. The molecule has 2 saturated heterocycles. The minimum Gasteiger partial charge on any atom is -0.379 e. The third-order valence-corrected chi connectivity index (χ3v) is 5.82. The van der Waals surface area contributed by atoms with Gasteiger partial charge in [-0.25, -0.2) is 10.0 Å². The van der Waals surface area contributed by atoms with E-state index in [0.717, 1.165) is 62.9 Å². The van der Waals surface area contributed by atoms with Crippen molar-refractivity contribution in [1.82, 2.24) is 15.1 Å². The number of hydrazine groups is 2. The highest BCUT2D eigenvalue weighted by atomic mass is 32.1. The third kappa shape index (κ3) is 3.98. The predicted octanol–water partition coefficient (Wildman–Crippen LogP) is 1.87. The molecule has 6 nitrogen and oxygen atoms in total. The van der Waals surface area contributed by atoms with E-state index in [4.69, 9.17) is 9.47 Å². The van der Waals surface area contributed by atoms with Crippen molar-refractivity contribution < 1.29 is 9.47 Å². The van der Waals surface area contributed by atoms with Gasteiger partial charge in [-0.15, -0.1) is 0 Å². The van der Waals surface area contributed by atoms with Gasteiger partial charge in [0.25, 0.3) is 0 Å². The van der Waals surface area contributed by atoms with E-state index in [1.807, 2.05) is 0 Å². The summed E-state index contributed by atoms with van der Waals surface area (Å²) in [6, 6.07) is 8.13. The maximum atomic E-state index is 12.3. The highest BCUT2D eigenvalue weighted by Gasteiger charge is 2.26. The van der Waals surface area contributed by atoms with Gasteiger partial charge in [0, 0.05) is 36.9 Å². The Balaban J connectivity index is 1.69. The minimum absolute atomic E-state index is 0.111. The third-order valence-electron chi connectivity index (χ3n) is 4.92. The van der Waals surface area contributed by atoms with Crippen LogP contribution in [0.15, 0.2) is 29.1 Å². The molecule has 2 aliphatic rings. The Morgan fingerprint density at radius 3 is 2.23 bits per heavy atom. The molecule has 0 saturated carbocycles. The fourth-order valence-electron chi connectivity index (χ4n) is 3.57. The lowest BCUT2D eigenvalue weighted by Crippen LogP contribution is -2.58. The summed E-state index contributed by atoms with van der Waals surface area (Å²) in [5.74, 6) is 0. The van der Waals surface area contributed by atoms with Crippen LogP contribution in [0.5, 0.6) is 0 Å². The van der Waals surface area contributed by atoms with Gasteiger partial charge >= 0.3 is 0 Å². The molecule has 7 heteroatoms. The molecule has 1 aromatic carbocycles. The van der Waals surface area contributed by atoms with Crippen molar-refractivity contribution in [2.24, 2.45) is 0 Å². The summed E-state index contributed by atoms with van der Waals surface area (Å²) < 4.78 is 12.2. The molecule has 140 valence electrons. The zero-order chi connectivity index (χ0) is 17.9. The zero-order valence-electron chi connectivity index (χ0n) is 15.1. The van der Waals surface area contributed by atoms with E-state index >= 15 is 0 Å². The van der Waals surface area contributed by atoms with Crippen LogP contribution in [-0.2, 0) is 16.0 Å². The summed E-state index contributed by atoms with van der Waals surface area (Å²) in [5, 5.41) is 8.18. The number of ether oxygens (including phenoxy) is 2. The van der Waals surface area contributed by atoms with E-state index in [-0.39, 0.29) is 4.74 Å². The number of fused-ring (bicyclic) bond motifs is 1. The SMILES string of the molecule is Cc1ccc2sc(=O)cc(CN(N3CCOCC3)N3CCOCC3)c2c1. The van der Waals surface area contributed by atoms with Crippen molar-refractivity contribution in [3.05, 3.63) is 44.9 Å². The van der Waals surface area contributed by atoms with Crippen LogP contribution < -0.4 is 4.74 Å². The van der Waals surface area contributed by atoms with Crippen LogP contribution in [0, 0.1) is 6.92 Å². The summed E-state index contributed by atoms with van der Waals surface area (Å²) in [4.78, 5) is 12.3. The Labute approximate surface area is 157 Å². The maximum Gasteiger partial charge on any atom is 0.233 e. The summed E-state index contributed by atoms with van der Waals surface area (Å²) in [6.45, 7) is 9.23. The second-order valence-corrected chi connectivity index (χ2v) is 7.80. The van der Waals surface area contributed by atoms with Crippen molar-refractivity contribution in [3.8, 4) is 0 Å². The average Bonchev–Trinajstić information content (AvgIpc) is 2.68. The van der Waals surface area contributed by atoms with Gasteiger partial charge in [-0.05, 0) is 23.9 Å². The number of aryl methyl sites for hydroxylation is 1. The molecular weight excluding hydrogens is 350 g/mol. The van der Waals surface area contributed by atoms with Crippen LogP contribution in [-0.4, -0.2) is 67.7 Å². The van der Waals surface area contributed by atoms with Gasteiger partial charge < -0.3 is 9.47 Å². The first-order chi connectivity index (χ1) is 12.7. The molecule has 1 aromatic heterocycles. The van der Waals surface area contributed by atoms with Crippen molar-refractivity contribution >= 4 is 21.4 Å². The molecule has 0 N–H and O–H groups in total. The second-order valence-electron chi connectivity index (χ2n) is 6.75. The zero-order valence-corrected chi connectivity index (χ0v) is 16.0. The number of benzene rings is 1. The molecule has 2 aromatic rings. The summed E-state index contributed by atoms with van der Waals surface area (Å²) in [6.07, 6.45) is 0. The quantitative estimate of drug-likeness (QED) is 0.813. The van der Waals surface area contributed by atoms with Crippen LogP contribution in [0.4, 0.5) is 0 Å². The second kappa shape index (κ2) is 8.12. The molecule has 0 aliphatic carbocycles. The van der Waals surface area contributed by atoms with Crippen LogP contribution >= 0.6 is 11.3 Å². The molecule has 0 radical (unpaired) electrons. The van der Waals surface area contributed by atoms with Gasteiger partial charge in [-0.3, -0.25) is 4.79 Å². The van der Waals surface area contributed by atoms with E-state index < -0.39 is 0 Å². The molecule has 0 unspecified atom stereocenters. The van der Waals surface area contributed by atoms with E-state index in [1.54, 1.807) is 6.07 Å². The number of morpholine rings is 2. The van der Waals surface area contributed by atoms with Gasteiger partial charge in [-0.1, -0.05) is 29.0 Å². The summed E-state index contributed by atoms with van der Waals surface area (Å²) in [7, 11) is 0. The molecule has 0 bridgehead atoms. The largest absolute Gasteiger partial charge is 0.379 e. The summed E-state index contributed by atoms with van der Waals surface area (Å²) in [5.41, 5.74) is 2.30. The lowest BCUT2D eigenvalue weighted by molar-refractivity contribution is -0.232. The fourth-order valence-corrected chi connectivity index (χ4v) is 4.43. The molecule has 26 heavy (non-hydrogen) atoms. The van der Waals surface area contributed by atoms with Gasteiger partial charge in [-0.2, -0.15) is 5.12 Å². The molecule has 4 rings (SSSR count). The smallest absolute Gasteiger partial charge is 0.233 e. The van der Waals surface area contributed by atoms with Crippen LogP contribution in [0.3, 0.4) is 0 Å². The monoisotopic (exact) mass is 375 g/mol. The molecule has 0 atom stereocenters. The standard InChI is InChI=1S/C19H25N3O3S/c1-15-2-3-18-17(12-15)16(13-19(23)26-18)14-22(20-4-8-24-9-5-20)21-6-10-25-11-7-21/h2-3,12-13H,4-11,14H2,1H3. The summed E-state index contributed by atoms with van der Waals surface area (Å²) >= 11 is 1.32. The Kier molecular flexibility index (Phi) is 5.63. The normalized spacial score (nSPS) is 20.1. The molecule has 3 heterocycles. The Morgan fingerprint density at radius 2 is 1.62 bits per heavy atom. The molecule has 2 fully saturated rings. The number of hydrogen-bond acceptors (Lipinski definition) is 7. The first kappa shape index (κ1) is 18.0. The molecule has 2 aliphatic heterocycles. The predicted molar refractivity (Wildman–Crippen MR) is 103 cm³/mol. The maximum absolute atomic E-state index is 12.3. The minimum atomic E-state index is 0.111. The highest BCUT2D eigenvalue weighted by Crippen LogP contribution is 2.24. The van der Waals surface area contributed by atoms with Crippen LogP contribution in [0.1, 0.15) is 11.1 Å². The van der Waals surface area contributed by atoms with E-state index in [2.05, 4.69) is 40.3 Å². The Hall–Kier alpha value is -1.35. The van der Waals surface area contributed by atoms with Crippen LogP contribution in [0.25, 0.3) is 10.1 Å².